The van der Waals surface area contributed by atoms with Gasteiger partial charge < -0.3 is 48.7 Å². The maximum absolute atomic E-state index is 6.21. The minimum Gasteiger partial charge on any atom is -0.510 e. The molecule has 0 bridgehead atoms. The van der Waals surface area contributed by atoms with Crippen molar-refractivity contribution in [1.29, 1.82) is 0 Å². The minimum absolute atomic E-state index is 0. The number of fused-ring (bicyclic) bond motifs is 6. The van der Waals surface area contributed by atoms with E-state index < -0.39 is 0 Å². The number of nitrogens with zero attached hydrogens (tertiary/aromatic N) is 12. The van der Waals surface area contributed by atoms with E-state index in [1.54, 1.807) is 0 Å². The summed E-state index contributed by atoms with van der Waals surface area (Å²) in [7, 11) is 8.12. The summed E-state index contributed by atoms with van der Waals surface area (Å²) in [6, 6.07) is 60.3. The van der Waals surface area contributed by atoms with Gasteiger partial charge in [0.25, 0.3) is 0 Å². The summed E-state index contributed by atoms with van der Waals surface area (Å²) in [5, 5.41) is 3.45. The third-order valence-corrected chi connectivity index (χ3v) is 14.0. The van der Waals surface area contributed by atoms with Gasteiger partial charge in [0.15, 0.2) is 0 Å². The fourth-order valence-corrected chi connectivity index (χ4v) is 10.5. The van der Waals surface area contributed by atoms with Crippen molar-refractivity contribution in [2.24, 2.45) is 0 Å². The Morgan fingerprint density at radius 1 is 0.412 bits per heavy atom. The molecule has 80 heavy (non-hydrogen) atoms. The quantitative estimate of drug-likeness (QED) is 0.122. The van der Waals surface area contributed by atoms with Crippen LogP contribution in [0.4, 0.5) is 22.7 Å². The van der Waals surface area contributed by atoms with Crippen molar-refractivity contribution in [1.82, 2.24) is 38.7 Å². The average Bonchev–Trinajstić information content (AvgIpc) is 4.34. The van der Waals surface area contributed by atoms with Crippen molar-refractivity contribution < 1.29 is 51.6 Å². The summed E-state index contributed by atoms with van der Waals surface area (Å²) < 4.78 is 17.0. The zero-order valence-corrected chi connectivity index (χ0v) is 49.0. The first kappa shape index (κ1) is 53.6. The number of allylic oxidation sites excluding steroid dienone is 2. The summed E-state index contributed by atoms with van der Waals surface area (Å²) in [6.45, 7) is 12.4. The van der Waals surface area contributed by atoms with Crippen LogP contribution in [0.25, 0.3) is 55.4 Å². The van der Waals surface area contributed by atoms with Crippen LogP contribution >= 0.6 is 0 Å². The van der Waals surface area contributed by atoms with Crippen LogP contribution in [-0.4, -0.2) is 66.9 Å². The SMILES string of the molecule is CC1=C(n2c3ccccc3c3cnccc32)N(C)[CH-]N1c1[c-]c(Oc2[c-]c(N3C=CN(C)[CH-]3)ccc2)ccc1.CC1=C(n2c3ccccc3c3ncccc32)N(C)[CH-]N1c1[c-]c(Oc2[c-]c(N3C=CN(C)[CH-]3)ccc2)ccc1.[Pt+4].[Pt+4]. The number of hydrogen-bond acceptors (Lipinski definition) is 12. The third-order valence-electron chi connectivity index (χ3n) is 14.0. The molecular weight excluding hydrogens is 1360 g/mol. The van der Waals surface area contributed by atoms with Gasteiger partial charge in [0.05, 0.1) is 27.6 Å². The van der Waals surface area contributed by atoms with Crippen LogP contribution in [-0.2, 0) is 42.1 Å². The predicted molar refractivity (Wildman–Crippen MR) is 310 cm³/mol. The first-order chi connectivity index (χ1) is 38.1. The average molecular weight is 1410 g/mol. The van der Waals surface area contributed by atoms with E-state index in [2.05, 4.69) is 160 Å². The summed E-state index contributed by atoms with van der Waals surface area (Å²) in [5.41, 5.74) is 11.2. The molecule has 0 saturated carbocycles. The van der Waals surface area contributed by atoms with Gasteiger partial charge in [0.1, 0.15) is 11.6 Å². The number of rotatable bonds is 10. The number of anilines is 4. The van der Waals surface area contributed by atoms with Crippen molar-refractivity contribution >= 4 is 78.1 Å². The first-order valence-electron chi connectivity index (χ1n) is 25.5. The number of para-hydroxylation sites is 2. The summed E-state index contributed by atoms with van der Waals surface area (Å²) in [6.07, 6.45) is 13.6. The molecule has 0 unspecified atom stereocenters. The Hall–Kier alpha value is -8.44. The Kier molecular flexibility index (Phi) is 15.0. The van der Waals surface area contributed by atoms with Gasteiger partial charge in [-0.1, -0.05) is 36.4 Å². The normalized spacial score (nSPS) is 15.1. The smallest absolute Gasteiger partial charge is 0.510 e. The molecule has 0 fully saturated rings. The van der Waals surface area contributed by atoms with Crippen LogP contribution in [0, 0.1) is 50.9 Å². The van der Waals surface area contributed by atoms with Crippen molar-refractivity contribution in [3.63, 3.8) is 0 Å². The fourth-order valence-electron chi connectivity index (χ4n) is 10.5. The summed E-state index contributed by atoms with van der Waals surface area (Å²) in [4.78, 5) is 25.6. The Morgan fingerprint density at radius 3 is 1.36 bits per heavy atom. The van der Waals surface area contributed by atoms with E-state index in [0.29, 0.717) is 23.0 Å². The van der Waals surface area contributed by atoms with Gasteiger partial charge in [-0.05, 0) is 97.2 Å². The van der Waals surface area contributed by atoms with Gasteiger partial charge >= 0.3 is 42.1 Å². The van der Waals surface area contributed by atoms with Gasteiger partial charge in [0, 0.05) is 69.1 Å². The maximum Gasteiger partial charge on any atom is 4.00 e. The van der Waals surface area contributed by atoms with Gasteiger partial charge in [0.2, 0.25) is 0 Å². The summed E-state index contributed by atoms with van der Waals surface area (Å²) in [5.74, 6) is 4.65. The second kappa shape index (κ2) is 22.4. The second-order valence-corrected chi connectivity index (χ2v) is 19.3. The van der Waals surface area contributed by atoms with Crippen molar-refractivity contribution in [3.8, 4) is 23.0 Å². The minimum atomic E-state index is 0. The zero-order valence-electron chi connectivity index (χ0n) is 44.4. The van der Waals surface area contributed by atoms with Crippen molar-refractivity contribution in [3.05, 3.63) is 245 Å². The second-order valence-electron chi connectivity index (χ2n) is 19.3. The van der Waals surface area contributed by atoms with E-state index in [-0.39, 0.29) is 42.1 Å². The Bertz CT molecular complexity index is 3710. The Labute approximate surface area is 495 Å². The van der Waals surface area contributed by atoms with Crippen LogP contribution in [0.3, 0.4) is 0 Å². The fraction of sp³-hybridized carbons (Fsp3) is 0.0938. The van der Waals surface area contributed by atoms with Gasteiger partial charge in [-0.2, -0.15) is 50.9 Å². The van der Waals surface area contributed by atoms with Crippen LogP contribution in [0.5, 0.6) is 23.0 Å². The molecule has 14 rings (SSSR count). The molecule has 0 aliphatic carbocycles. The molecule has 4 aliphatic rings. The van der Waals surface area contributed by atoms with Gasteiger partial charge in [-0.25, -0.2) is 0 Å². The molecule has 16 heteroatoms. The molecule has 400 valence electrons. The van der Waals surface area contributed by atoms with Crippen LogP contribution in [0.15, 0.2) is 194 Å². The molecule has 0 atom stereocenters. The van der Waals surface area contributed by atoms with Crippen molar-refractivity contribution in [2.45, 2.75) is 13.8 Å². The molecule has 0 N–H and O–H groups in total. The molecule has 0 amide bonds. The predicted octanol–water partition coefficient (Wildman–Crippen LogP) is 13.3. The topological polar surface area (TPSA) is 80.0 Å². The largest absolute Gasteiger partial charge is 4.00 e. The molecule has 8 heterocycles. The van der Waals surface area contributed by atoms with E-state index in [0.717, 1.165) is 84.1 Å². The number of ether oxygens (including phenoxy) is 2. The van der Waals surface area contributed by atoms with E-state index in [1.807, 2.05) is 169 Å². The third kappa shape index (κ3) is 9.92. The molecule has 14 nitrogen and oxygen atoms in total. The number of benzene rings is 6. The molecule has 10 aromatic rings. The first-order valence-corrected chi connectivity index (χ1v) is 25.5. The molecule has 4 aliphatic heterocycles. The standard InChI is InChI=1S/2C32H26N6O.2Pt/c1-23-32(38-29-14-5-4-13-28(29)31-30(38)15-8-16-33-31)35(3)22-37(23)25-10-7-12-27(20-25)39-26-11-6-9-24(19-26)36-18-17-34(2)21-36;1-23-32(38-30-13-5-4-12-28(30)29-20-33-15-14-31(29)38)35(3)22-37(23)25-9-7-11-27(19-25)39-26-10-6-8-24(18-26)36-17-16-34(2)21-36;;/h4-18,21-22H,1-3H3;4-17,20-22H,1-3H3;;/q2*-4;2*+4. The molecule has 0 spiro atoms. The molecule has 6 aromatic carbocycles. The van der Waals surface area contributed by atoms with E-state index in [1.165, 1.54) is 5.39 Å². The van der Waals surface area contributed by atoms with E-state index in [9.17, 15) is 0 Å². The number of pyridine rings is 2. The van der Waals surface area contributed by atoms with Crippen LogP contribution < -0.4 is 29.1 Å². The van der Waals surface area contributed by atoms with Gasteiger partial charge in [-0.15, -0.1) is 95.5 Å². The monoisotopic (exact) mass is 1410 g/mol. The van der Waals surface area contributed by atoms with Gasteiger partial charge in [-0.3, -0.25) is 19.1 Å². The van der Waals surface area contributed by atoms with Crippen LogP contribution in [0.2, 0.25) is 0 Å². The molecular formula is C64H52N12O2Pt2. The van der Waals surface area contributed by atoms with E-state index >= 15 is 0 Å². The van der Waals surface area contributed by atoms with Crippen molar-refractivity contribution in [2.75, 3.05) is 47.8 Å². The zero-order chi connectivity index (χ0) is 53.0. The number of aromatic nitrogens is 4. The maximum atomic E-state index is 6.21. The number of hydrogen-bond donors (Lipinski definition) is 0. The Morgan fingerprint density at radius 2 is 0.850 bits per heavy atom. The van der Waals surface area contributed by atoms with E-state index in [4.69, 9.17) is 14.5 Å². The summed E-state index contributed by atoms with van der Waals surface area (Å²) >= 11 is 0. The van der Waals surface area contributed by atoms with Crippen LogP contribution in [0.1, 0.15) is 13.8 Å². The molecule has 0 radical (unpaired) electrons. The molecule has 0 saturated heterocycles. The molecule has 4 aromatic heterocycles. The Balaban J connectivity index is 0.000000165.